The van der Waals surface area contributed by atoms with E-state index >= 15 is 0 Å². The van der Waals surface area contributed by atoms with E-state index in [0.29, 0.717) is 5.88 Å². The van der Waals surface area contributed by atoms with Gasteiger partial charge in [-0.1, -0.05) is 29.8 Å². The van der Waals surface area contributed by atoms with Crippen LogP contribution in [0.2, 0.25) is 0 Å². The number of nitrogens with zero attached hydrogens (tertiary/aromatic N) is 3. The van der Waals surface area contributed by atoms with Gasteiger partial charge in [-0.3, -0.25) is 0 Å². The van der Waals surface area contributed by atoms with Crippen molar-refractivity contribution in [3.05, 3.63) is 52.8 Å². The first-order chi connectivity index (χ1) is 9.10. The van der Waals surface area contributed by atoms with Crippen LogP contribution >= 0.6 is 11.6 Å². The third-order valence-corrected chi connectivity index (χ3v) is 3.34. The largest absolute Gasteiger partial charge is 0.340 e. The second-order valence-electron chi connectivity index (χ2n) is 4.76. The van der Waals surface area contributed by atoms with Crippen molar-refractivity contribution in [1.82, 2.24) is 9.97 Å². The van der Waals surface area contributed by atoms with Crippen LogP contribution < -0.4 is 4.90 Å². The summed E-state index contributed by atoms with van der Waals surface area (Å²) in [5.74, 6) is 1.18. The van der Waals surface area contributed by atoms with Crippen LogP contribution in [-0.4, -0.2) is 17.0 Å². The number of benzene rings is 1. The Morgan fingerprint density at radius 1 is 1.26 bits per heavy atom. The highest BCUT2D eigenvalue weighted by Gasteiger charge is 2.07. The lowest BCUT2D eigenvalue weighted by Gasteiger charge is -2.18. The smallest absolute Gasteiger partial charge is 0.225 e. The van der Waals surface area contributed by atoms with E-state index in [1.165, 1.54) is 11.1 Å². The van der Waals surface area contributed by atoms with E-state index in [4.69, 9.17) is 11.6 Å². The van der Waals surface area contributed by atoms with Gasteiger partial charge in [0, 0.05) is 31.0 Å². The monoisotopic (exact) mass is 275 g/mol. The molecule has 0 saturated carbocycles. The maximum atomic E-state index is 5.82. The molecule has 100 valence electrons. The molecule has 0 aliphatic rings. The summed E-state index contributed by atoms with van der Waals surface area (Å²) in [6.45, 7) is 4.85. The van der Waals surface area contributed by atoms with Crippen molar-refractivity contribution < 1.29 is 0 Å². The molecule has 0 radical (unpaired) electrons. The summed E-state index contributed by atoms with van der Waals surface area (Å²) in [7, 11) is 2.00. The predicted octanol–water partition coefficient (Wildman–Crippen LogP) is 3.47. The van der Waals surface area contributed by atoms with Crippen molar-refractivity contribution in [2.75, 3.05) is 11.9 Å². The molecular formula is C15H18ClN3. The Hall–Kier alpha value is -1.61. The van der Waals surface area contributed by atoms with Gasteiger partial charge in [0.25, 0.3) is 0 Å². The SMILES string of the molecule is Cc1cccc(CN(C)c2ncc(CCl)c(C)n2)c1. The molecule has 0 fully saturated rings. The van der Waals surface area contributed by atoms with E-state index < -0.39 is 0 Å². The highest BCUT2D eigenvalue weighted by atomic mass is 35.5. The minimum atomic E-state index is 0.452. The number of anilines is 1. The van der Waals surface area contributed by atoms with Crippen LogP contribution in [0.15, 0.2) is 30.5 Å². The van der Waals surface area contributed by atoms with Crippen LogP contribution in [0.4, 0.5) is 5.95 Å². The fraction of sp³-hybridized carbons (Fsp3) is 0.333. The van der Waals surface area contributed by atoms with Gasteiger partial charge in [0.1, 0.15) is 0 Å². The molecule has 19 heavy (non-hydrogen) atoms. The third-order valence-electron chi connectivity index (χ3n) is 3.06. The number of rotatable bonds is 4. The second kappa shape index (κ2) is 6.02. The zero-order valence-electron chi connectivity index (χ0n) is 11.5. The maximum Gasteiger partial charge on any atom is 0.225 e. The molecular weight excluding hydrogens is 258 g/mol. The van der Waals surface area contributed by atoms with Crippen LogP contribution in [0.3, 0.4) is 0 Å². The maximum absolute atomic E-state index is 5.82. The first kappa shape index (κ1) is 13.8. The number of aryl methyl sites for hydroxylation is 2. The lowest BCUT2D eigenvalue weighted by atomic mass is 10.1. The number of alkyl halides is 1. The van der Waals surface area contributed by atoms with Gasteiger partial charge < -0.3 is 4.90 Å². The summed E-state index contributed by atoms with van der Waals surface area (Å²) in [6, 6.07) is 8.46. The van der Waals surface area contributed by atoms with Crippen LogP contribution in [0, 0.1) is 13.8 Å². The molecule has 0 saturated heterocycles. The molecule has 4 heteroatoms. The average Bonchev–Trinajstić information content (AvgIpc) is 2.38. The van der Waals surface area contributed by atoms with Crippen molar-refractivity contribution in [3.63, 3.8) is 0 Å². The average molecular weight is 276 g/mol. The molecule has 2 aromatic rings. The Balaban J connectivity index is 2.15. The van der Waals surface area contributed by atoms with Crippen LogP contribution in [0.1, 0.15) is 22.4 Å². The van der Waals surface area contributed by atoms with Gasteiger partial charge in [-0.15, -0.1) is 11.6 Å². The molecule has 0 N–H and O–H groups in total. The second-order valence-corrected chi connectivity index (χ2v) is 5.03. The summed E-state index contributed by atoms with van der Waals surface area (Å²) < 4.78 is 0. The highest BCUT2D eigenvalue weighted by molar-refractivity contribution is 6.17. The third kappa shape index (κ3) is 3.44. The van der Waals surface area contributed by atoms with Gasteiger partial charge >= 0.3 is 0 Å². The molecule has 0 unspecified atom stereocenters. The minimum absolute atomic E-state index is 0.452. The molecule has 1 heterocycles. The fourth-order valence-corrected chi connectivity index (χ4v) is 2.21. The van der Waals surface area contributed by atoms with Gasteiger partial charge in [0.2, 0.25) is 5.95 Å². The van der Waals surface area contributed by atoms with E-state index in [-0.39, 0.29) is 0 Å². The predicted molar refractivity (Wildman–Crippen MR) is 79.6 cm³/mol. The molecule has 0 bridgehead atoms. The van der Waals surface area contributed by atoms with Crippen molar-refractivity contribution >= 4 is 17.5 Å². The summed E-state index contributed by atoms with van der Waals surface area (Å²) in [5, 5.41) is 0. The first-order valence-electron chi connectivity index (χ1n) is 6.25. The number of hydrogen-bond acceptors (Lipinski definition) is 3. The summed E-state index contributed by atoms with van der Waals surface area (Å²) in [6.07, 6.45) is 1.80. The molecule has 1 aromatic carbocycles. The minimum Gasteiger partial charge on any atom is -0.340 e. The number of hydrogen-bond donors (Lipinski definition) is 0. The van der Waals surface area contributed by atoms with Crippen LogP contribution in [0.5, 0.6) is 0 Å². The molecule has 0 aliphatic heterocycles. The van der Waals surface area contributed by atoms with Gasteiger partial charge in [-0.05, 0) is 19.4 Å². The lowest BCUT2D eigenvalue weighted by Crippen LogP contribution is -2.19. The molecule has 2 rings (SSSR count). The standard InChI is InChI=1S/C15H18ClN3/c1-11-5-4-6-13(7-11)10-19(3)15-17-9-14(8-16)12(2)18-15/h4-7,9H,8,10H2,1-3H3. The normalized spacial score (nSPS) is 10.5. The highest BCUT2D eigenvalue weighted by Crippen LogP contribution is 2.14. The van der Waals surface area contributed by atoms with Gasteiger partial charge in [0.05, 0.1) is 5.88 Å². The van der Waals surface area contributed by atoms with E-state index in [2.05, 4.69) is 41.2 Å². The van der Waals surface area contributed by atoms with E-state index in [0.717, 1.165) is 23.8 Å². The molecule has 0 atom stereocenters. The quantitative estimate of drug-likeness (QED) is 0.800. The van der Waals surface area contributed by atoms with Crippen molar-refractivity contribution in [1.29, 1.82) is 0 Å². The van der Waals surface area contributed by atoms with Gasteiger partial charge in [-0.2, -0.15) is 0 Å². The first-order valence-corrected chi connectivity index (χ1v) is 6.79. The summed E-state index contributed by atoms with van der Waals surface area (Å²) in [5.41, 5.74) is 4.44. The van der Waals surface area contributed by atoms with Crippen LogP contribution in [-0.2, 0) is 12.4 Å². The van der Waals surface area contributed by atoms with E-state index in [1.54, 1.807) is 6.20 Å². The molecule has 1 aromatic heterocycles. The van der Waals surface area contributed by atoms with E-state index in [9.17, 15) is 0 Å². The molecule has 0 aliphatic carbocycles. The van der Waals surface area contributed by atoms with E-state index in [1.807, 2.05) is 18.9 Å². The molecule has 3 nitrogen and oxygen atoms in total. The van der Waals surface area contributed by atoms with Crippen molar-refractivity contribution in [2.45, 2.75) is 26.3 Å². The lowest BCUT2D eigenvalue weighted by molar-refractivity contribution is 0.853. The Labute approximate surface area is 119 Å². The summed E-state index contributed by atoms with van der Waals surface area (Å²) >= 11 is 5.82. The van der Waals surface area contributed by atoms with Crippen molar-refractivity contribution in [2.24, 2.45) is 0 Å². The van der Waals surface area contributed by atoms with Gasteiger partial charge in [0.15, 0.2) is 0 Å². The Kier molecular flexibility index (Phi) is 4.38. The zero-order chi connectivity index (χ0) is 13.8. The van der Waals surface area contributed by atoms with Crippen LogP contribution in [0.25, 0.3) is 0 Å². The van der Waals surface area contributed by atoms with Crippen molar-refractivity contribution in [3.8, 4) is 0 Å². The number of halogens is 1. The van der Waals surface area contributed by atoms with Gasteiger partial charge in [-0.25, -0.2) is 9.97 Å². The number of aromatic nitrogens is 2. The topological polar surface area (TPSA) is 29.0 Å². The Bertz CT molecular complexity index is 569. The zero-order valence-corrected chi connectivity index (χ0v) is 12.3. The Morgan fingerprint density at radius 2 is 2.05 bits per heavy atom. The molecule has 0 amide bonds. The molecule has 0 spiro atoms. The Morgan fingerprint density at radius 3 is 2.68 bits per heavy atom. The summed E-state index contributed by atoms with van der Waals surface area (Å²) in [4.78, 5) is 10.9. The fourth-order valence-electron chi connectivity index (χ4n) is 1.95.